The van der Waals surface area contributed by atoms with Crippen LogP contribution in [0.1, 0.15) is 52.8 Å². The van der Waals surface area contributed by atoms with Crippen LogP contribution in [0, 0.1) is 0 Å². The van der Waals surface area contributed by atoms with Gasteiger partial charge in [0.25, 0.3) is 5.91 Å². The summed E-state index contributed by atoms with van der Waals surface area (Å²) >= 11 is 1.30. The van der Waals surface area contributed by atoms with Crippen LogP contribution < -0.4 is 5.32 Å². The summed E-state index contributed by atoms with van der Waals surface area (Å²) in [6.45, 7) is 6.02. The molecule has 160 valence electrons. The molecule has 5 nitrogen and oxygen atoms in total. The third kappa shape index (κ3) is 4.36. The zero-order valence-electron chi connectivity index (χ0n) is 17.0. The molecule has 0 atom stereocenters. The second-order valence-electron chi connectivity index (χ2n) is 8.24. The fourth-order valence-electron chi connectivity index (χ4n) is 3.19. The van der Waals surface area contributed by atoms with E-state index in [9.17, 15) is 18.0 Å². The van der Waals surface area contributed by atoms with Gasteiger partial charge in [-0.1, -0.05) is 56.4 Å². The number of aliphatic imine (C=N–C) groups is 1. The highest BCUT2D eigenvalue weighted by Gasteiger charge is 2.31. The SMILES string of the molecule is CC(C)(C)c1nnc(NC(=O)c2cccc3c2N=C(c2cccc(C(F)(F)F)c2)C3)s1. The molecular formula is C22H19F3N4OS. The molecule has 1 aromatic heterocycles. The normalized spacial score (nSPS) is 13.7. The summed E-state index contributed by atoms with van der Waals surface area (Å²) in [5, 5.41) is 12.1. The standard InChI is InChI=1S/C22H19F3N4OS/c1-21(2,3)19-28-29-20(31-19)27-18(30)15-9-5-7-13-11-16(26-17(13)15)12-6-4-8-14(10-12)22(23,24)25/h4-10H,11H2,1-3H3,(H,27,29,30). The van der Waals surface area contributed by atoms with Crippen molar-refractivity contribution < 1.29 is 18.0 Å². The van der Waals surface area contributed by atoms with Crippen LogP contribution in [0.2, 0.25) is 0 Å². The lowest BCUT2D eigenvalue weighted by Crippen LogP contribution is -2.12. The van der Waals surface area contributed by atoms with Gasteiger partial charge in [0.15, 0.2) is 0 Å². The topological polar surface area (TPSA) is 67.2 Å². The molecule has 2 aromatic carbocycles. The van der Waals surface area contributed by atoms with Gasteiger partial charge < -0.3 is 0 Å². The molecule has 2 heterocycles. The van der Waals surface area contributed by atoms with Crippen molar-refractivity contribution in [3.63, 3.8) is 0 Å². The van der Waals surface area contributed by atoms with Gasteiger partial charge in [-0.25, -0.2) is 0 Å². The third-order valence-corrected chi connectivity index (χ3v) is 6.04. The van der Waals surface area contributed by atoms with Crippen LogP contribution in [0.5, 0.6) is 0 Å². The number of hydrogen-bond acceptors (Lipinski definition) is 5. The number of para-hydroxylation sites is 1. The highest BCUT2D eigenvalue weighted by Crippen LogP contribution is 2.35. The van der Waals surface area contributed by atoms with Crippen molar-refractivity contribution in [3.8, 4) is 0 Å². The molecular weight excluding hydrogens is 425 g/mol. The third-order valence-electron chi connectivity index (χ3n) is 4.78. The molecule has 1 N–H and O–H groups in total. The van der Waals surface area contributed by atoms with E-state index in [-0.39, 0.29) is 11.3 Å². The Labute approximate surface area is 181 Å². The first-order chi connectivity index (χ1) is 14.5. The van der Waals surface area contributed by atoms with Crippen molar-refractivity contribution in [2.45, 2.75) is 38.8 Å². The molecule has 9 heteroatoms. The molecule has 0 bridgehead atoms. The monoisotopic (exact) mass is 444 g/mol. The largest absolute Gasteiger partial charge is 0.416 e. The molecule has 0 fully saturated rings. The number of aromatic nitrogens is 2. The smallest absolute Gasteiger partial charge is 0.296 e. The van der Waals surface area contributed by atoms with Gasteiger partial charge in [0.05, 0.1) is 22.5 Å². The van der Waals surface area contributed by atoms with Crippen LogP contribution >= 0.6 is 11.3 Å². The summed E-state index contributed by atoms with van der Waals surface area (Å²) in [7, 11) is 0. The molecule has 31 heavy (non-hydrogen) atoms. The lowest BCUT2D eigenvalue weighted by Gasteiger charge is -2.12. The van der Waals surface area contributed by atoms with Crippen molar-refractivity contribution in [1.82, 2.24) is 10.2 Å². The van der Waals surface area contributed by atoms with Gasteiger partial charge in [0, 0.05) is 11.8 Å². The lowest BCUT2D eigenvalue weighted by atomic mass is 9.98. The number of rotatable bonds is 3. The van der Waals surface area contributed by atoms with Crippen LogP contribution in [0.4, 0.5) is 24.0 Å². The molecule has 1 amide bonds. The van der Waals surface area contributed by atoms with Gasteiger partial charge in [0.1, 0.15) is 5.01 Å². The van der Waals surface area contributed by atoms with Gasteiger partial charge in [-0.15, -0.1) is 10.2 Å². The van der Waals surface area contributed by atoms with Crippen molar-refractivity contribution in [2.75, 3.05) is 5.32 Å². The molecule has 1 aliphatic heterocycles. The van der Waals surface area contributed by atoms with Crippen molar-refractivity contribution >= 4 is 33.8 Å². The lowest BCUT2D eigenvalue weighted by molar-refractivity contribution is -0.137. The molecule has 4 rings (SSSR count). The van der Waals surface area contributed by atoms with Gasteiger partial charge in [-0.3, -0.25) is 15.1 Å². The first-order valence-electron chi connectivity index (χ1n) is 9.55. The molecule has 0 saturated heterocycles. The number of halogens is 3. The Morgan fingerprint density at radius 3 is 2.48 bits per heavy atom. The van der Waals surface area contributed by atoms with Crippen LogP contribution in [0.25, 0.3) is 0 Å². The number of hydrogen-bond donors (Lipinski definition) is 1. The van der Waals surface area contributed by atoms with Crippen LogP contribution in [-0.4, -0.2) is 21.8 Å². The fraction of sp³-hybridized carbons (Fsp3) is 0.273. The second-order valence-corrected chi connectivity index (χ2v) is 9.22. The summed E-state index contributed by atoms with van der Waals surface area (Å²) in [6.07, 6.45) is -4.08. The molecule has 0 radical (unpaired) electrons. The minimum atomic E-state index is -4.43. The van der Waals surface area contributed by atoms with E-state index in [0.717, 1.165) is 22.7 Å². The number of alkyl halides is 3. The van der Waals surface area contributed by atoms with E-state index < -0.39 is 11.7 Å². The first kappa shape index (κ1) is 21.2. The van der Waals surface area contributed by atoms with E-state index in [4.69, 9.17) is 0 Å². The van der Waals surface area contributed by atoms with E-state index >= 15 is 0 Å². The van der Waals surface area contributed by atoms with Crippen LogP contribution in [0.15, 0.2) is 47.5 Å². The molecule has 0 saturated carbocycles. The molecule has 0 unspecified atom stereocenters. The maximum Gasteiger partial charge on any atom is 0.416 e. The maximum absolute atomic E-state index is 13.1. The Morgan fingerprint density at radius 1 is 1.06 bits per heavy atom. The van der Waals surface area contributed by atoms with Crippen molar-refractivity contribution in [2.24, 2.45) is 4.99 Å². The van der Waals surface area contributed by atoms with E-state index in [0.29, 0.717) is 34.1 Å². The Kier molecular flexibility index (Phi) is 5.17. The predicted molar refractivity (Wildman–Crippen MR) is 114 cm³/mol. The highest BCUT2D eigenvalue weighted by atomic mass is 32.1. The average molecular weight is 444 g/mol. The number of carbonyl (C=O) groups is 1. The number of amides is 1. The van der Waals surface area contributed by atoms with Crippen molar-refractivity contribution in [1.29, 1.82) is 0 Å². The Bertz CT molecular complexity index is 1190. The highest BCUT2D eigenvalue weighted by molar-refractivity contribution is 7.15. The van der Waals surface area contributed by atoms with Gasteiger partial charge in [-0.05, 0) is 29.3 Å². The van der Waals surface area contributed by atoms with Crippen LogP contribution in [0.3, 0.4) is 0 Å². The number of carbonyl (C=O) groups excluding carboxylic acids is 1. The minimum Gasteiger partial charge on any atom is -0.296 e. The Morgan fingerprint density at radius 2 is 1.81 bits per heavy atom. The summed E-state index contributed by atoms with van der Waals surface area (Å²) < 4.78 is 39.2. The first-order valence-corrected chi connectivity index (χ1v) is 10.4. The fourth-order valence-corrected chi connectivity index (χ4v) is 3.98. The molecule has 0 aliphatic carbocycles. The predicted octanol–water partition coefficient (Wildman–Crippen LogP) is 5.78. The van der Waals surface area contributed by atoms with E-state index in [1.54, 1.807) is 18.2 Å². The second kappa shape index (κ2) is 7.56. The maximum atomic E-state index is 13.1. The zero-order valence-corrected chi connectivity index (χ0v) is 17.9. The van der Waals surface area contributed by atoms with Gasteiger partial charge in [0.2, 0.25) is 5.13 Å². The van der Waals surface area contributed by atoms with E-state index in [1.807, 2.05) is 26.8 Å². The summed E-state index contributed by atoms with van der Waals surface area (Å²) in [5.41, 5.74) is 1.56. The molecule has 0 spiro atoms. The number of benzene rings is 2. The Hall–Kier alpha value is -3.07. The number of anilines is 1. The summed E-state index contributed by atoms with van der Waals surface area (Å²) in [6, 6.07) is 10.3. The van der Waals surface area contributed by atoms with Gasteiger partial charge in [-0.2, -0.15) is 13.2 Å². The van der Waals surface area contributed by atoms with Crippen molar-refractivity contribution in [3.05, 3.63) is 69.7 Å². The van der Waals surface area contributed by atoms with E-state index in [2.05, 4.69) is 20.5 Å². The summed E-state index contributed by atoms with van der Waals surface area (Å²) in [5.74, 6) is -0.387. The molecule has 1 aliphatic rings. The summed E-state index contributed by atoms with van der Waals surface area (Å²) in [4.78, 5) is 17.4. The van der Waals surface area contributed by atoms with E-state index in [1.165, 1.54) is 17.4 Å². The quantitative estimate of drug-likeness (QED) is 0.557. The number of fused-ring (bicyclic) bond motifs is 1. The minimum absolute atomic E-state index is 0.182. The number of nitrogens with one attached hydrogen (secondary N) is 1. The molecule has 3 aromatic rings. The van der Waals surface area contributed by atoms with Crippen LogP contribution in [-0.2, 0) is 18.0 Å². The van der Waals surface area contributed by atoms with Gasteiger partial charge >= 0.3 is 6.18 Å². The average Bonchev–Trinajstić information content (AvgIpc) is 3.33. The number of nitrogens with zero attached hydrogens (tertiary/aromatic N) is 3. The Balaban J connectivity index is 1.62. The zero-order chi connectivity index (χ0) is 22.4.